The molecule has 22 heavy (non-hydrogen) atoms. The lowest BCUT2D eigenvalue weighted by molar-refractivity contribution is -0.127. The Labute approximate surface area is 134 Å². The van der Waals surface area contributed by atoms with Crippen LogP contribution in [0.4, 0.5) is 0 Å². The van der Waals surface area contributed by atoms with Crippen molar-refractivity contribution in [3.63, 3.8) is 0 Å². The van der Waals surface area contributed by atoms with Gasteiger partial charge < -0.3 is 14.2 Å². The van der Waals surface area contributed by atoms with Crippen LogP contribution < -0.4 is 0 Å². The highest BCUT2D eigenvalue weighted by molar-refractivity contribution is 7.99. The molecule has 7 heteroatoms. The van der Waals surface area contributed by atoms with E-state index in [1.165, 1.54) is 11.8 Å². The summed E-state index contributed by atoms with van der Waals surface area (Å²) in [6, 6.07) is 3.80. The van der Waals surface area contributed by atoms with Crippen LogP contribution in [0.5, 0.6) is 0 Å². The predicted octanol–water partition coefficient (Wildman–Crippen LogP) is 2.04. The quantitative estimate of drug-likeness (QED) is 0.696. The first kappa shape index (κ1) is 16.8. The van der Waals surface area contributed by atoms with Gasteiger partial charge in [0.05, 0.1) is 18.9 Å². The molecular weight excluding hydrogens is 300 g/mol. The van der Waals surface area contributed by atoms with Crippen molar-refractivity contribution >= 4 is 28.8 Å². The first-order valence-corrected chi connectivity index (χ1v) is 8.40. The highest BCUT2D eigenvalue weighted by atomic mass is 32.2. The normalized spacial score (nSPS) is 11.0. The van der Waals surface area contributed by atoms with Crippen LogP contribution in [0.3, 0.4) is 0 Å². The molecule has 0 fully saturated rings. The third-order valence-corrected chi connectivity index (χ3v) is 4.39. The number of aromatic nitrogens is 3. The Balaban J connectivity index is 2.17. The molecule has 0 unspecified atom stereocenters. The number of ether oxygens (including phenoxy) is 1. The van der Waals surface area contributed by atoms with Crippen LogP contribution >= 0.6 is 11.8 Å². The van der Waals surface area contributed by atoms with Gasteiger partial charge in [0.25, 0.3) is 0 Å². The van der Waals surface area contributed by atoms with E-state index >= 15 is 0 Å². The van der Waals surface area contributed by atoms with Gasteiger partial charge in [0, 0.05) is 26.4 Å². The molecule has 2 aromatic rings. The van der Waals surface area contributed by atoms with Crippen molar-refractivity contribution in [3.05, 3.63) is 18.3 Å². The molecule has 0 aromatic carbocycles. The molecule has 1 amide bonds. The van der Waals surface area contributed by atoms with Gasteiger partial charge in [-0.3, -0.25) is 4.79 Å². The van der Waals surface area contributed by atoms with Gasteiger partial charge in [-0.2, -0.15) is 0 Å². The van der Waals surface area contributed by atoms with Gasteiger partial charge in [-0.05, 0) is 26.0 Å². The molecule has 0 bridgehead atoms. The monoisotopic (exact) mass is 322 g/mol. The smallest absolute Gasteiger partial charge is 0.233 e. The number of methoxy groups -OCH3 is 1. The Morgan fingerprint density at radius 3 is 2.86 bits per heavy atom. The Kier molecular flexibility index (Phi) is 6.21. The van der Waals surface area contributed by atoms with Crippen LogP contribution in [0.1, 0.15) is 13.8 Å². The van der Waals surface area contributed by atoms with Crippen LogP contribution in [0.2, 0.25) is 0 Å². The van der Waals surface area contributed by atoms with E-state index in [-0.39, 0.29) is 5.91 Å². The molecule has 120 valence electrons. The molecular formula is C15H22N4O2S. The van der Waals surface area contributed by atoms with Gasteiger partial charge in [0.2, 0.25) is 5.91 Å². The molecule has 2 heterocycles. The van der Waals surface area contributed by atoms with Crippen molar-refractivity contribution < 1.29 is 9.53 Å². The maximum atomic E-state index is 12.1. The number of imidazole rings is 1. The number of thioether (sulfide) groups is 1. The zero-order valence-corrected chi connectivity index (χ0v) is 14.1. The second-order valence-corrected chi connectivity index (χ2v) is 5.68. The first-order chi connectivity index (χ1) is 10.7. The lowest BCUT2D eigenvalue weighted by atomic mass is 10.4. The number of pyridine rings is 1. The van der Waals surface area contributed by atoms with Gasteiger partial charge in [0.15, 0.2) is 10.8 Å². The van der Waals surface area contributed by atoms with Crippen molar-refractivity contribution in [2.24, 2.45) is 0 Å². The van der Waals surface area contributed by atoms with Gasteiger partial charge in [0.1, 0.15) is 5.52 Å². The molecule has 0 N–H and O–H groups in total. The number of carbonyl (C=O) groups excluding carboxylic acids is 1. The SMILES string of the molecule is CCN(CC)C(=O)CSc1nc2cccnc2n1CCOC. The van der Waals surface area contributed by atoms with Gasteiger partial charge in [-0.25, -0.2) is 9.97 Å². The van der Waals surface area contributed by atoms with Crippen LogP contribution in [0.15, 0.2) is 23.5 Å². The zero-order valence-electron chi connectivity index (χ0n) is 13.3. The largest absolute Gasteiger partial charge is 0.383 e. The van der Waals surface area contributed by atoms with E-state index in [1.54, 1.807) is 13.3 Å². The number of amides is 1. The molecule has 0 spiro atoms. The predicted molar refractivity (Wildman–Crippen MR) is 88.1 cm³/mol. The molecule has 0 saturated heterocycles. The molecule has 0 saturated carbocycles. The summed E-state index contributed by atoms with van der Waals surface area (Å²) in [4.78, 5) is 22.9. The van der Waals surface area contributed by atoms with E-state index in [0.29, 0.717) is 18.9 Å². The fourth-order valence-electron chi connectivity index (χ4n) is 2.23. The summed E-state index contributed by atoms with van der Waals surface area (Å²) in [6.45, 7) is 6.70. The zero-order chi connectivity index (χ0) is 15.9. The molecule has 2 rings (SSSR count). The molecule has 0 aliphatic carbocycles. The van der Waals surface area contributed by atoms with Gasteiger partial charge >= 0.3 is 0 Å². The van der Waals surface area contributed by atoms with Gasteiger partial charge in [-0.1, -0.05) is 11.8 Å². The fraction of sp³-hybridized carbons (Fsp3) is 0.533. The minimum atomic E-state index is 0.133. The van der Waals surface area contributed by atoms with Crippen molar-refractivity contribution in [2.45, 2.75) is 25.5 Å². The Morgan fingerprint density at radius 2 is 2.18 bits per heavy atom. The van der Waals surface area contributed by atoms with Crippen LogP contribution in [-0.4, -0.2) is 57.9 Å². The van der Waals surface area contributed by atoms with E-state index in [1.807, 2.05) is 35.4 Å². The third-order valence-electron chi connectivity index (χ3n) is 3.43. The average molecular weight is 322 g/mol. The number of fused-ring (bicyclic) bond motifs is 1. The fourth-order valence-corrected chi connectivity index (χ4v) is 3.16. The van der Waals surface area contributed by atoms with Crippen molar-refractivity contribution in [1.82, 2.24) is 19.4 Å². The van der Waals surface area contributed by atoms with Crippen LogP contribution in [0, 0.1) is 0 Å². The van der Waals surface area contributed by atoms with Crippen molar-refractivity contribution in [2.75, 3.05) is 32.6 Å². The van der Waals surface area contributed by atoms with Crippen LogP contribution in [-0.2, 0) is 16.1 Å². The van der Waals surface area contributed by atoms with Crippen molar-refractivity contribution in [3.8, 4) is 0 Å². The molecule has 0 aliphatic heterocycles. The van der Waals surface area contributed by atoms with Crippen LogP contribution in [0.25, 0.3) is 11.2 Å². The van der Waals surface area contributed by atoms with Crippen molar-refractivity contribution in [1.29, 1.82) is 0 Å². The Bertz CT molecular complexity index is 625. The summed E-state index contributed by atoms with van der Waals surface area (Å²) in [5.74, 6) is 0.520. The molecule has 6 nitrogen and oxygen atoms in total. The maximum Gasteiger partial charge on any atom is 0.233 e. The standard InChI is InChI=1S/C15H22N4O2S/c1-4-18(5-2)13(20)11-22-15-17-12-7-6-8-16-14(12)19(15)9-10-21-3/h6-8H,4-5,9-11H2,1-3H3. The van der Waals surface area contributed by atoms with E-state index in [0.717, 1.165) is 29.4 Å². The topological polar surface area (TPSA) is 60.2 Å². The third kappa shape index (κ3) is 3.78. The summed E-state index contributed by atoms with van der Waals surface area (Å²) in [7, 11) is 1.67. The molecule has 2 aromatic heterocycles. The summed E-state index contributed by atoms with van der Waals surface area (Å²) in [5, 5.41) is 0.811. The summed E-state index contributed by atoms with van der Waals surface area (Å²) < 4.78 is 7.17. The minimum Gasteiger partial charge on any atom is -0.383 e. The molecule has 0 atom stereocenters. The van der Waals surface area contributed by atoms with E-state index in [2.05, 4.69) is 9.97 Å². The van der Waals surface area contributed by atoms with E-state index in [4.69, 9.17) is 4.74 Å². The Hall–Kier alpha value is -1.60. The highest BCUT2D eigenvalue weighted by Crippen LogP contribution is 2.23. The maximum absolute atomic E-state index is 12.1. The average Bonchev–Trinajstić information content (AvgIpc) is 2.89. The summed E-state index contributed by atoms with van der Waals surface area (Å²) in [6.07, 6.45) is 1.75. The Morgan fingerprint density at radius 1 is 1.41 bits per heavy atom. The number of hydrogen-bond acceptors (Lipinski definition) is 5. The highest BCUT2D eigenvalue weighted by Gasteiger charge is 2.15. The second kappa shape index (κ2) is 8.14. The number of nitrogens with zero attached hydrogens (tertiary/aromatic N) is 4. The van der Waals surface area contributed by atoms with E-state index in [9.17, 15) is 4.79 Å². The van der Waals surface area contributed by atoms with E-state index < -0.39 is 0 Å². The minimum absolute atomic E-state index is 0.133. The summed E-state index contributed by atoms with van der Waals surface area (Å²) >= 11 is 1.46. The number of rotatable bonds is 8. The second-order valence-electron chi connectivity index (χ2n) is 4.74. The summed E-state index contributed by atoms with van der Waals surface area (Å²) in [5.41, 5.74) is 1.67. The lowest BCUT2D eigenvalue weighted by Gasteiger charge is -2.18. The number of hydrogen-bond donors (Lipinski definition) is 0. The first-order valence-electron chi connectivity index (χ1n) is 7.42. The molecule has 0 radical (unpaired) electrons. The number of carbonyl (C=O) groups is 1. The van der Waals surface area contributed by atoms with Gasteiger partial charge in [-0.15, -0.1) is 0 Å². The molecule has 0 aliphatic rings. The lowest BCUT2D eigenvalue weighted by Crippen LogP contribution is -2.31.